The van der Waals surface area contributed by atoms with Crippen LogP contribution in [-0.2, 0) is 21.9 Å². The first-order valence-corrected chi connectivity index (χ1v) is 8.11. The third-order valence-corrected chi connectivity index (χ3v) is 3.49. The van der Waals surface area contributed by atoms with E-state index in [1.165, 1.54) is 4.90 Å². The normalized spacial score (nSPS) is 15.7. The SMILES string of the molecule is CC(C)(C)OC=O.FC(F)(F)c1ccc(N2CCNCC2)c(C(F)(F)F)c1. The minimum absolute atomic E-state index is 0.178. The predicted molar refractivity (Wildman–Crippen MR) is 88.4 cm³/mol. The van der Waals surface area contributed by atoms with E-state index in [0.717, 1.165) is 6.07 Å². The molecule has 0 aromatic heterocycles. The summed E-state index contributed by atoms with van der Waals surface area (Å²) in [6.07, 6.45) is -9.61. The van der Waals surface area contributed by atoms with Crippen LogP contribution in [0.3, 0.4) is 0 Å². The smallest absolute Gasteiger partial charge is 0.418 e. The van der Waals surface area contributed by atoms with E-state index >= 15 is 0 Å². The van der Waals surface area contributed by atoms with E-state index in [2.05, 4.69) is 10.1 Å². The summed E-state index contributed by atoms with van der Waals surface area (Å²) in [6.45, 7) is 7.57. The molecule has 0 spiro atoms. The van der Waals surface area contributed by atoms with Gasteiger partial charge in [0.25, 0.3) is 6.47 Å². The average Bonchev–Trinajstić information content (AvgIpc) is 2.53. The highest BCUT2D eigenvalue weighted by molar-refractivity contribution is 5.57. The lowest BCUT2D eigenvalue weighted by Gasteiger charge is -2.31. The number of nitrogens with one attached hydrogen (secondary N) is 1. The van der Waals surface area contributed by atoms with E-state index in [1.54, 1.807) is 0 Å². The van der Waals surface area contributed by atoms with Gasteiger partial charge in [0.15, 0.2) is 0 Å². The molecule has 0 radical (unpaired) electrons. The van der Waals surface area contributed by atoms with E-state index in [-0.39, 0.29) is 17.4 Å². The van der Waals surface area contributed by atoms with Gasteiger partial charge in [-0.25, -0.2) is 0 Å². The zero-order valence-electron chi connectivity index (χ0n) is 15.2. The highest BCUT2D eigenvalue weighted by Gasteiger charge is 2.39. The van der Waals surface area contributed by atoms with Gasteiger partial charge in [-0.3, -0.25) is 4.79 Å². The number of rotatable bonds is 2. The second-order valence-corrected chi connectivity index (χ2v) is 6.79. The zero-order chi connectivity index (χ0) is 20.9. The van der Waals surface area contributed by atoms with Gasteiger partial charge in [-0.2, -0.15) is 26.3 Å². The molecule has 154 valence electrons. The molecular formula is C17H22F6N2O2. The molecule has 4 nitrogen and oxygen atoms in total. The van der Waals surface area contributed by atoms with Crippen molar-refractivity contribution in [2.45, 2.75) is 38.7 Å². The van der Waals surface area contributed by atoms with Crippen LogP contribution in [0.2, 0.25) is 0 Å². The third-order valence-electron chi connectivity index (χ3n) is 3.49. The summed E-state index contributed by atoms with van der Waals surface area (Å²) in [6, 6.07) is 1.76. The third kappa shape index (κ3) is 7.66. The van der Waals surface area contributed by atoms with Gasteiger partial charge in [0.1, 0.15) is 5.60 Å². The summed E-state index contributed by atoms with van der Waals surface area (Å²) in [5.41, 5.74) is -3.05. The van der Waals surface area contributed by atoms with E-state index in [0.29, 0.717) is 38.7 Å². The van der Waals surface area contributed by atoms with Crippen LogP contribution in [0.4, 0.5) is 32.0 Å². The fraction of sp³-hybridized carbons (Fsp3) is 0.588. The van der Waals surface area contributed by atoms with Gasteiger partial charge >= 0.3 is 12.4 Å². The minimum atomic E-state index is -4.82. The molecule has 0 bridgehead atoms. The van der Waals surface area contributed by atoms with Crippen molar-refractivity contribution in [2.75, 3.05) is 31.1 Å². The van der Waals surface area contributed by atoms with E-state index < -0.39 is 23.5 Å². The molecule has 0 unspecified atom stereocenters. The lowest BCUT2D eigenvalue weighted by atomic mass is 10.1. The molecule has 2 rings (SSSR count). The van der Waals surface area contributed by atoms with Crippen LogP contribution in [0, 0.1) is 0 Å². The van der Waals surface area contributed by atoms with E-state index in [9.17, 15) is 31.1 Å². The summed E-state index contributed by atoms with van der Waals surface area (Å²) in [4.78, 5) is 11.0. The van der Waals surface area contributed by atoms with Gasteiger partial charge in [-0.1, -0.05) is 0 Å². The number of anilines is 1. The Morgan fingerprint density at radius 1 is 1.00 bits per heavy atom. The van der Waals surface area contributed by atoms with Gasteiger partial charge in [-0.05, 0) is 39.0 Å². The standard InChI is InChI=1S/C12H12F6N2.C5H10O2/c13-11(14,15)8-1-2-10(9(7-8)12(16,17)18)20-5-3-19-4-6-20;1-5(2,3)7-4-6/h1-2,7,19H,3-6H2;4H,1-3H3. The molecule has 0 saturated carbocycles. The topological polar surface area (TPSA) is 41.6 Å². The number of carbonyl (C=O) groups is 1. The van der Waals surface area contributed by atoms with Gasteiger partial charge in [0, 0.05) is 31.9 Å². The Hall–Kier alpha value is -1.97. The quantitative estimate of drug-likeness (QED) is 0.600. The first-order valence-electron chi connectivity index (χ1n) is 8.11. The Labute approximate surface area is 153 Å². The lowest BCUT2D eigenvalue weighted by Crippen LogP contribution is -2.44. The van der Waals surface area contributed by atoms with E-state index in [4.69, 9.17) is 0 Å². The van der Waals surface area contributed by atoms with Crippen LogP contribution in [0.5, 0.6) is 0 Å². The summed E-state index contributed by atoms with van der Waals surface area (Å²) >= 11 is 0. The molecule has 0 aliphatic carbocycles. The van der Waals surface area contributed by atoms with Crippen molar-refractivity contribution >= 4 is 12.2 Å². The number of hydrogen-bond acceptors (Lipinski definition) is 4. The van der Waals surface area contributed by atoms with Crippen LogP contribution in [-0.4, -0.2) is 38.3 Å². The molecule has 10 heteroatoms. The summed E-state index contributed by atoms with van der Waals surface area (Å²) < 4.78 is 81.1. The van der Waals surface area contributed by atoms with Gasteiger partial charge in [0.05, 0.1) is 11.1 Å². The Balaban J connectivity index is 0.000000445. The average molecular weight is 400 g/mol. The number of halogens is 6. The molecule has 1 aliphatic rings. The summed E-state index contributed by atoms with van der Waals surface area (Å²) in [5.74, 6) is 0. The molecule has 0 atom stereocenters. The van der Waals surface area contributed by atoms with Crippen LogP contribution >= 0.6 is 0 Å². The molecule has 0 amide bonds. The van der Waals surface area contributed by atoms with Crippen molar-refractivity contribution in [2.24, 2.45) is 0 Å². The monoisotopic (exact) mass is 400 g/mol. The first kappa shape index (κ1) is 23.1. The Bertz CT molecular complexity index is 617. The van der Waals surface area contributed by atoms with Crippen LogP contribution < -0.4 is 10.2 Å². The van der Waals surface area contributed by atoms with Crippen molar-refractivity contribution in [3.05, 3.63) is 29.3 Å². The maximum atomic E-state index is 13.0. The van der Waals surface area contributed by atoms with Gasteiger partial charge < -0.3 is 15.0 Å². The number of carbonyl (C=O) groups excluding carboxylic acids is 1. The lowest BCUT2D eigenvalue weighted by molar-refractivity contribution is -0.143. The Morgan fingerprint density at radius 2 is 1.56 bits per heavy atom. The van der Waals surface area contributed by atoms with Gasteiger partial charge in [-0.15, -0.1) is 0 Å². The maximum absolute atomic E-state index is 13.0. The predicted octanol–water partition coefficient (Wildman–Crippen LogP) is 4.09. The van der Waals surface area contributed by atoms with Crippen LogP contribution in [0.1, 0.15) is 31.9 Å². The van der Waals surface area contributed by atoms with Crippen molar-refractivity contribution in [1.82, 2.24) is 5.32 Å². The highest BCUT2D eigenvalue weighted by Crippen LogP contribution is 2.40. The van der Waals surface area contributed by atoms with Crippen molar-refractivity contribution in [1.29, 1.82) is 0 Å². The molecule has 1 aliphatic heterocycles. The fourth-order valence-electron chi connectivity index (χ4n) is 2.27. The summed E-state index contributed by atoms with van der Waals surface area (Å²) in [5, 5.41) is 2.98. The molecule has 1 heterocycles. The van der Waals surface area contributed by atoms with Crippen LogP contribution in [0.25, 0.3) is 0 Å². The van der Waals surface area contributed by atoms with E-state index in [1.807, 2.05) is 20.8 Å². The molecule has 1 fully saturated rings. The molecule has 27 heavy (non-hydrogen) atoms. The van der Waals surface area contributed by atoms with Crippen molar-refractivity contribution < 1.29 is 35.9 Å². The first-order chi connectivity index (χ1) is 12.3. The highest BCUT2D eigenvalue weighted by atomic mass is 19.4. The number of hydrogen-bond donors (Lipinski definition) is 1. The zero-order valence-corrected chi connectivity index (χ0v) is 15.2. The van der Waals surface area contributed by atoms with Gasteiger partial charge in [0.2, 0.25) is 0 Å². The Morgan fingerprint density at radius 3 is 1.93 bits per heavy atom. The number of nitrogens with zero attached hydrogens (tertiary/aromatic N) is 1. The molecule has 1 N–H and O–H groups in total. The maximum Gasteiger partial charge on any atom is 0.418 e. The Kier molecular flexibility index (Phi) is 7.53. The fourth-order valence-corrected chi connectivity index (χ4v) is 2.27. The second kappa shape index (κ2) is 8.81. The molecule has 1 aromatic rings. The molecule has 1 aromatic carbocycles. The minimum Gasteiger partial charge on any atom is -0.462 e. The molecular weight excluding hydrogens is 378 g/mol. The second-order valence-electron chi connectivity index (χ2n) is 6.79. The molecule has 1 saturated heterocycles. The number of ether oxygens (including phenoxy) is 1. The largest absolute Gasteiger partial charge is 0.462 e. The van der Waals surface area contributed by atoms with Crippen molar-refractivity contribution in [3.8, 4) is 0 Å². The number of alkyl halides is 6. The number of piperazine rings is 1. The van der Waals surface area contributed by atoms with Crippen LogP contribution in [0.15, 0.2) is 18.2 Å². The van der Waals surface area contributed by atoms with Crippen molar-refractivity contribution in [3.63, 3.8) is 0 Å². The number of benzene rings is 1. The summed E-state index contributed by atoms with van der Waals surface area (Å²) in [7, 11) is 0.